The van der Waals surface area contributed by atoms with Gasteiger partial charge in [-0.2, -0.15) is 0 Å². The van der Waals surface area contributed by atoms with Crippen LogP contribution in [0.25, 0.3) is 0 Å². The van der Waals surface area contributed by atoms with Gasteiger partial charge in [0, 0.05) is 11.0 Å². The van der Waals surface area contributed by atoms with Gasteiger partial charge in [-0.1, -0.05) is 34.1 Å². The molecule has 2 nitrogen and oxygen atoms in total. The van der Waals surface area contributed by atoms with Crippen LogP contribution >= 0.6 is 15.9 Å². The molecule has 1 unspecified atom stereocenters. The van der Waals surface area contributed by atoms with Crippen LogP contribution < -0.4 is 5.32 Å². The lowest BCUT2D eigenvalue weighted by Gasteiger charge is -2.21. The van der Waals surface area contributed by atoms with E-state index in [4.69, 9.17) is 0 Å². The average molecular weight is 270 g/mol. The zero-order valence-corrected chi connectivity index (χ0v) is 10.3. The molecule has 0 saturated carbocycles. The summed E-state index contributed by atoms with van der Waals surface area (Å²) in [6.45, 7) is 1.67. The largest absolute Gasteiger partial charge is 0.389 e. The van der Waals surface area contributed by atoms with Gasteiger partial charge in [-0.05, 0) is 37.4 Å². The summed E-state index contributed by atoms with van der Waals surface area (Å²) in [6, 6.07) is 8.21. The van der Waals surface area contributed by atoms with Crippen molar-refractivity contribution in [3.8, 4) is 0 Å². The summed E-state index contributed by atoms with van der Waals surface area (Å²) in [4.78, 5) is 0. The van der Waals surface area contributed by atoms with Gasteiger partial charge in [0.1, 0.15) is 0 Å². The first-order valence-electron chi connectivity index (χ1n) is 5.36. The van der Waals surface area contributed by atoms with Gasteiger partial charge in [0.05, 0.1) is 5.60 Å². The standard InChI is InChI=1S/C12H16BrNO/c13-11-4-2-1-3-10(11)5-6-12(15)7-8-14-9-12/h1-4,14-15H,5-9H2. The maximum atomic E-state index is 10.2. The Labute approximate surface area is 98.8 Å². The van der Waals surface area contributed by atoms with Crippen molar-refractivity contribution in [2.24, 2.45) is 0 Å². The Bertz CT molecular complexity index is 334. The molecule has 2 rings (SSSR count). The van der Waals surface area contributed by atoms with Crippen LogP contribution in [0.2, 0.25) is 0 Å². The SMILES string of the molecule is OC1(CCc2ccccc2Br)CCNC1. The van der Waals surface area contributed by atoms with Gasteiger partial charge in [-0.15, -0.1) is 0 Å². The topological polar surface area (TPSA) is 32.3 Å². The third-order valence-electron chi connectivity index (χ3n) is 3.04. The number of hydrogen-bond acceptors (Lipinski definition) is 2. The van der Waals surface area contributed by atoms with Crippen LogP contribution in [0.1, 0.15) is 18.4 Å². The van der Waals surface area contributed by atoms with E-state index in [0.717, 1.165) is 36.8 Å². The molecule has 1 heterocycles. The summed E-state index contributed by atoms with van der Waals surface area (Å²) < 4.78 is 1.14. The van der Waals surface area contributed by atoms with Gasteiger partial charge in [0.2, 0.25) is 0 Å². The third kappa shape index (κ3) is 2.80. The minimum absolute atomic E-state index is 0.491. The van der Waals surface area contributed by atoms with E-state index < -0.39 is 5.60 Å². The van der Waals surface area contributed by atoms with Crippen LogP contribution in [0.3, 0.4) is 0 Å². The summed E-state index contributed by atoms with van der Waals surface area (Å²) in [5.41, 5.74) is 0.785. The number of hydrogen-bond donors (Lipinski definition) is 2. The fourth-order valence-electron chi connectivity index (χ4n) is 2.01. The zero-order chi connectivity index (χ0) is 10.7. The first-order chi connectivity index (χ1) is 7.20. The highest BCUT2D eigenvalue weighted by Crippen LogP contribution is 2.24. The van der Waals surface area contributed by atoms with Crippen molar-refractivity contribution < 1.29 is 5.11 Å². The first kappa shape index (κ1) is 11.1. The van der Waals surface area contributed by atoms with Crippen LogP contribution in [0.5, 0.6) is 0 Å². The molecular formula is C12H16BrNO. The zero-order valence-electron chi connectivity index (χ0n) is 8.67. The molecule has 1 aliphatic heterocycles. The van der Waals surface area contributed by atoms with Crippen LogP contribution in [-0.2, 0) is 6.42 Å². The fourth-order valence-corrected chi connectivity index (χ4v) is 2.50. The second-order valence-electron chi connectivity index (χ2n) is 4.24. The lowest BCUT2D eigenvalue weighted by Crippen LogP contribution is -2.31. The van der Waals surface area contributed by atoms with Crippen LogP contribution in [0, 0.1) is 0 Å². The highest BCUT2D eigenvalue weighted by molar-refractivity contribution is 9.10. The minimum Gasteiger partial charge on any atom is -0.389 e. The first-order valence-corrected chi connectivity index (χ1v) is 6.15. The van der Waals surface area contributed by atoms with E-state index in [9.17, 15) is 5.11 Å². The quantitative estimate of drug-likeness (QED) is 0.881. The Morgan fingerprint density at radius 1 is 1.40 bits per heavy atom. The monoisotopic (exact) mass is 269 g/mol. The lowest BCUT2D eigenvalue weighted by molar-refractivity contribution is 0.0526. The number of rotatable bonds is 3. The Hall–Kier alpha value is -0.380. The van der Waals surface area contributed by atoms with E-state index in [1.807, 2.05) is 18.2 Å². The van der Waals surface area contributed by atoms with Crippen LogP contribution in [0.15, 0.2) is 28.7 Å². The number of halogens is 1. The van der Waals surface area contributed by atoms with Crippen molar-refractivity contribution in [2.75, 3.05) is 13.1 Å². The Morgan fingerprint density at radius 2 is 2.20 bits per heavy atom. The van der Waals surface area contributed by atoms with Crippen molar-refractivity contribution in [1.82, 2.24) is 5.32 Å². The van der Waals surface area contributed by atoms with Crippen LogP contribution in [-0.4, -0.2) is 23.8 Å². The molecule has 0 bridgehead atoms. The summed E-state index contributed by atoms with van der Waals surface area (Å²) in [5, 5.41) is 13.4. The molecule has 0 spiro atoms. The van der Waals surface area contributed by atoms with Crippen molar-refractivity contribution >= 4 is 15.9 Å². The number of aryl methyl sites for hydroxylation is 1. The third-order valence-corrected chi connectivity index (χ3v) is 3.81. The summed E-state index contributed by atoms with van der Waals surface area (Å²) in [7, 11) is 0. The van der Waals surface area contributed by atoms with E-state index >= 15 is 0 Å². The Balaban J connectivity index is 1.95. The summed E-state index contributed by atoms with van der Waals surface area (Å²) in [6.07, 6.45) is 2.64. The molecule has 1 aliphatic rings. The van der Waals surface area contributed by atoms with E-state index in [-0.39, 0.29) is 0 Å². The van der Waals surface area contributed by atoms with Crippen molar-refractivity contribution in [3.05, 3.63) is 34.3 Å². The van der Waals surface area contributed by atoms with Gasteiger partial charge < -0.3 is 10.4 Å². The number of aliphatic hydroxyl groups is 1. The molecule has 0 radical (unpaired) electrons. The number of β-amino-alcohol motifs (C(OH)–C–C–N with tert-alkyl or cyclic N) is 1. The van der Waals surface area contributed by atoms with Gasteiger partial charge in [-0.3, -0.25) is 0 Å². The van der Waals surface area contributed by atoms with Gasteiger partial charge in [0.15, 0.2) is 0 Å². The predicted octanol–water partition coefficient (Wildman–Crippen LogP) is 2.11. The molecule has 3 heteroatoms. The molecule has 2 N–H and O–H groups in total. The summed E-state index contributed by atoms with van der Waals surface area (Å²) >= 11 is 3.53. The molecule has 1 atom stereocenters. The maximum absolute atomic E-state index is 10.2. The molecule has 1 aromatic carbocycles. The molecule has 0 aromatic heterocycles. The van der Waals surface area contributed by atoms with E-state index in [1.54, 1.807) is 0 Å². The van der Waals surface area contributed by atoms with Gasteiger partial charge in [-0.25, -0.2) is 0 Å². The van der Waals surface area contributed by atoms with E-state index in [0.29, 0.717) is 0 Å². The molecule has 15 heavy (non-hydrogen) atoms. The van der Waals surface area contributed by atoms with E-state index in [2.05, 4.69) is 27.3 Å². The fraction of sp³-hybridized carbons (Fsp3) is 0.500. The minimum atomic E-state index is -0.491. The smallest absolute Gasteiger partial charge is 0.0786 e. The Morgan fingerprint density at radius 3 is 2.87 bits per heavy atom. The molecule has 82 valence electrons. The molecule has 0 amide bonds. The second kappa shape index (κ2) is 4.64. The summed E-state index contributed by atoms with van der Waals surface area (Å²) in [5.74, 6) is 0. The van der Waals surface area contributed by atoms with Crippen molar-refractivity contribution in [3.63, 3.8) is 0 Å². The lowest BCUT2D eigenvalue weighted by atomic mass is 9.94. The molecular weight excluding hydrogens is 254 g/mol. The number of benzene rings is 1. The molecule has 1 fully saturated rings. The van der Waals surface area contributed by atoms with Gasteiger partial charge in [0.25, 0.3) is 0 Å². The maximum Gasteiger partial charge on any atom is 0.0786 e. The van der Waals surface area contributed by atoms with Gasteiger partial charge >= 0.3 is 0 Å². The van der Waals surface area contributed by atoms with Crippen LogP contribution in [0.4, 0.5) is 0 Å². The highest BCUT2D eigenvalue weighted by Gasteiger charge is 2.30. The average Bonchev–Trinajstić information content (AvgIpc) is 2.65. The normalized spacial score (nSPS) is 25.7. The predicted molar refractivity (Wildman–Crippen MR) is 64.9 cm³/mol. The molecule has 0 aliphatic carbocycles. The molecule has 1 saturated heterocycles. The highest BCUT2D eigenvalue weighted by atomic mass is 79.9. The van der Waals surface area contributed by atoms with Crippen molar-refractivity contribution in [1.29, 1.82) is 0 Å². The van der Waals surface area contributed by atoms with E-state index in [1.165, 1.54) is 5.56 Å². The van der Waals surface area contributed by atoms with Crippen molar-refractivity contribution in [2.45, 2.75) is 24.9 Å². The number of nitrogens with one attached hydrogen (secondary N) is 1. The Kier molecular flexibility index (Phi) is 3.44. The second-order valence-corrected chi connectivity index (χ2v) is 5.10. The molecule has 1 aromatic rings.